The Balaban J connectivity index is 1.36. The molecule has 0 amide bonds. The Morgan fingerprint density at radius 1 is 0.963 bits per heavy atom. The van der Waals surface area contributed by atoms with E-state index in [1.807, 2.05) is 24.4 Å². The van der Waals surface area contributed by atoms with Crippen molar-refractivity contribution < 1.29 is 0 Å². The fraction of sp³-hybridized carbons (Fsp3) is 0.300. The van der Waals surface area contributed by atoms with E-state index in [4.69, 9.17) is 0 Å². The number of rotatable bonds is 5. The average Bonchev–Trinajstić information content (AvgIpc) is 2.74. The van der Waals surface area contributed by atoms with E-state index in [0.29, 0.717) is 12.5 Å². The summed E-state index contributed by atoms with van der Waals surface area (Å²) in [5, 5.41) is 11.7. The molecule has 7 nitrogen and oxygen atoms in total. The van der Waals surface area contributed by atoms with Crippen molar-refractivity contribution in [3.8, 4) is 0 Å². The molecule has 0 saturated carbocycles. The molecule has 1 N–H and O–H groups in total. The Kier molecular flexibility index (Phi) is 5.09. The number of benzene rings is 1. The van der Waals surface area contributed by atoms with Crippen LogP contribution < -0.4 is 15.1 Å². The van der Waals surface area contributed by atoms with Crippen LogP contribution in [-0.4, -0.2) is 46.3 Å². The standard InChI is InChI=1S/C20H23N7/c1-16-5-7-17(8-6-16)14-22-18-15-23-25-20(24-18)27-12-10-26(11-13-27)19-4-2-3-9-21-19/h2-9,15H,10-14H2,1H3,(H,22,24,25). The smallest absolute Gasteiger partial charge is 0.247 e. The fourth-order valence-electron chi connectivity index (χ4n) is 3.09. The first-order valence-electron chi connectivity index (χ1n) is 9.18. The second-order valence-electron chi connectivity index (χ2n) is 6.64. The molecule has 3 aromatic rings. The molecule has 0 spiro atoms. The Bertz CT molecular complexity index is 859. The first kappa shape index (κ1) is 17.2. The monoisotopic (exact) mass is 361 g/mol. The molecule has 1 fully saturated rings. The van der Waals surface area contributed by atoms with E-state index in [0.717, 1.165) is 37.8 Å². The molecule has 0 atom stereocenters. The molecule has 0 radical (unpaired) electrons. The van der Waals surface area contributed by atoms with Crippen molar-refractivity contribution in [1.82, 2.24) is 20.2 Å². The van der Waals surface area contributed by atoms with Gasteiger partial charge in [-0.2, -0.15) is 10.1 Å². The second-order valence-corrected chi connectivity index (χ2v) is 6.64. The van der Waals surface area contributed by atoms with Crippen LogP contribution in [0.1, 0.15) is 11.1 Å². The van der Waals surface area contributed by atoms with E-state index in [-0.39, 0.29) is 0 Å². The molecule has 0 aliphatic carbocycles. The van der Waals surface area contributed by atoms with Gasteiger partial charge in [0.15, 0.2) is 5.82 Å². The normalized spacial score (nSPS) is 14.3. The number of nitrogens with one attached hydrogen (secondary N) is 1. The summed E-state index contributed by atoms with van der Waals surface area (Å²) in [7, 11) is 0. The third-order valence-corrected chi connectivity index (χ3v) is 4.68. The summed E-state index contributed by atoms with van der Waals surface area (Å²) in [6.45, 7) is 6.28. The zero-order valence-electron chi connectivity index (χ0n) is 15.4. The zero-order chi connectivity index (χ0) is 18.5. The van der Waals surface area contributed by atoms with E-state index < -0.39 is 0 Å². The van der Waals surface area contributed by atoms with Crippen molar-refractivity contribution in [3.05, 3.63) is 66.0 Å². The summed E-state index contributed by atoms with van der Waals surface area (Å²) in [5.74, 6) is 2.43. The largest absolute Gasteiger partial charge is 0.365 e. The molecule has 1 aliphatic rings. The predicted molar refractivity (Wildman–Crippen MR) is 107 cm³/mol. The average molecular weight is 361 g/mol. The van der Waals surface area contributed by atoms with Gasteiger partial charge in [-0.15, -0.1) is 5.10 Å². The summed E-state index contributed by atoms with van der Waals surface area (Å²) in [6.07, 6.45) is 3.50. The zero-order valence-corrected chi connectivity index (χ0v) is 15.4. The van der Waals surface area contributed by atoms with Crippen LogP contribution in [0.3, 0.4) is 0 Å². The molecular formula is C20H23N7. The van der Waals surface area contributed by atoms with E-state index in [1.54, 1.807) is 6.20 Å². The Morgan fingerprint density at radius 3 is 2.48 bits per heavy atom. The van der Waals surface area contributed by atoms with E-state index >= 15 is 0 Å². The Labute approximate surface area is 159 Å². The molecule has 1 aromatic carbocycles. The van der Waals surface area contributed by atoms with E-state index in [9.17, 15) is 0 Å². The number of piperazine rings is 1. The lowest BCUT2D eigenvalue weighted by Crippen LogP contribution is -2.47. The van der Waals surface area contributed by atoms with E-state index in [2.05, 4.69) is 66.5 Å². The van der Waals surface area contributed by atoms with Crippen molar-refractivity contribution >= 4 is 17.6 Å². The van der Waals surface area contributed by atoms with E-state index in [1.165, 1.54) is 11.1 Å². The van der Waals surface area contributed by atoms with Crippen LogP contribution in [-0.2, 0) is 6.54 Å². The minimum atomic E-state index is 0.671. The molecule has 138 valence electrons. The molecule has 3 heterocycles. The number of aromatic nitrogens is 4. The third kappa shape index (κ3) is 4.31. The molecule has 2 aromatic heterocycles. The van der Waals surface area contributed by atoms with Gasteiger partial charge in [0.25, 0.3) is 0 Å². The van der Waals surface area contributed by atoms with Gasteiger partial charge in [-0.1, -0.05) is 35.9 Å². The van der Waals surface area contributed by atoms with Crippen molar-refractivity contribution in [2.24, 2.45) is 0 Å². The summed E-state index contributed by atoms with van der Waals surface area (Å²) in [5.41, 5.74) is 2.47. The number of pyridine rings is 1. The molecule has 1 saturated heterocycles. The highest BCUT2D eigenvalue weighted by molar-refractivity contribution is 5.44. The first-order valence-corrected chi connectivity index (χ1v) is 9.18. The second kappa shape index (κ2) is 7.99. The maximum absolute atomic E-state index is 4.63. The summed E-state index contributed by atoms with van der Waals surface area (Å²) in [6, 6.07) is 14.5. The lowest BCUT2D eigenvalue weighted by molar-refractivity contribution is 0.630. The SMILES string of the molecule is Cc1ccc(CNc2cnnc(N3CCN(c4ccccn4)CC3)n2)cc1. The van der Waals surface area contributed by atoms with Gasteiger partial charge in [0, 0.05) is 38.9 Å². The van der Waals surface area contributed by atoms with Gasteiger partial charge in [-0.25, -0.2) is 4.98 Å². The van der Waals surface area contributed by atoms with Gasteiger partial charge >= 0.3 is 0 Å². The Morgan fingerprint density at radius 2 is 1.74 bits per heavy atom. The number of hydrogen-bond donors (Lipinski definition) is 1. The fourth-order valence-corrected chi connectivity index (χ4v) is 3.09. The third-order valence-electron chi connectivity index (χ3n) is 4.68. The molecular weight excluding hydrogens is 338 g/mol. The molecule has 7 heteroatoms. The molecule has 0 unspecified atom stereocenters. The Hall–Kier alpha value is -3.22. The lowest BCUT2D eigenvalue weighted by atomic mass is 10.1. The first-order chi connectivity index (χ1) is 13.3. The number of anilines is 3. The molecule has 0 bridgehead atoms. The summed E-state index contributed by atoms with van der Waals surface area (Å²) in [4.78, 5) is 13.5. The van der Waals surface area contributed by atoms with Gasteiger partial charge in [-0.05, 0) is 24.6 Å². The van der Waals surface area contributed by atoms with Crippen LogP contribution in [0, 0.1) is 6.92 Å². The highest BCUT2D eigenvalue weighted by atomic mass is 15.4. The molecule has 1 aliphatic heterocycles. The topological polar surface area (TPSA) is 70.1 Å². The van der Waals surface area contributed by atoms with Crippen LogP contribution in [0.4, 0.5) is 17.6 Å². The van der Waals surface area contributed by atoms with Crippen LogP contribution >= 0.6 is 0 Å². The van der Waals surface area contributed by atoms with Crippen molar-refractivity contribution in [1.29, 1.82) is 0 Å². The summed E-state index contributed by atoms with van der Waals surface area (Å²) < 4.78 is 0. The van der Waals surface area contributed by atoms with Crippen LogP contribution in [0.2, 0.25) is 0 Å². The van der Waals surface area contributed by atoms with Crippen LogP contribution in [0.15, 0.2) is 54.9 Å². The summed E-state index contributed by atoms with van der Waals surface area (Å²) >= 11 is 0. The van der Waals surface area contributed by atoms with Crippen molar-refractivity contribution in [2.75, 3.05) is 41.3 Å². The highest BCUT2D eigenvalue weighted by Gasteiger charge is 2.20. The molecule has 27 heavy (non-hydrogen) atoms. The lowest BCUT2D eigenvalue weighted by Gasteiger charge is -2.35. The quantitative estimate of drug-likeness (QED) is 0.749. The number of hydrogen-bond acceptors (Lipinski definition) is 7. The van der Waals surface area contributed by atoms with Crippen molar-refractivity contribution in [2.45, 2.75) is 13.5 Å². The minimum absolute atomic E-state index is 0.671. The van der Waals surface area contributed by atoms with Gasteiger partial charge in [0.05, 0.1) is 6.20 Å². The number of aryl methyl sites for hydroxylation is 1. The van der Waals surface area contributed by atoms with Crippen LogP contribution in [0.25, 0.3) is 0 Å². The van der Waals surface area contributed by atoms with Gasteiger partial charge in [-0.3, -0.25) is 0 Å². The minimum Gasteiger partial charge on any atom is -0.365 e. The maximum atomic E-state index is 4.63. The van der Waals surface area contributed by atoms with Crippen molar-refractivity contribution in [3.63, 3.8) is 0 Å². The highest BCUT2D eigenvalue weighted by Crippen LogP contribution is 2.16. The van der Waals surface area contributed by atoms with Gasteiger partial charge < -0.3 is 15.1 Å². The maximum Gasteiger partial charge on any atom is 0.247 e. The van der Waals surface area contributed by atoms with Gasteiger partial charge in [0.2, 0.25) is 5.95 Å². The predicted octanol–water partition coefficient (Wildman–Crippen LogP) is 2.51. The van der Waals surface area contributed by atoms with Crippen LogP contribution in [0.5, 0.6) is 0 Å². The number of nitrogens with zero attached hydrogens (tertiary/aromatic N) is 6. The van der Waals surface area contributed by atoms with Gasteiger partial charge in [0.1, 0.15) is 5.82 Å². The molecule has 4 rings (SSSR count).